The van der Waals surface area contributed by atoms with Crippen LogP contribution in [0.1, 0.15) is 26.7 Å². The maximum absolute atomic E-state index is 11.3. The van der Waals surface area contributed by atoms with Gasteiger partial charge in [-0.3, -0.25) is 0 Å². The Hall–Kier alpha value is -0.610. The SMILES string of the molecule is COC(=O)C1(O)CCOC(C(C)C)C1. The van der Waals surface area contributed by atoms with Crippen molar-refractivity contribution >= 4 is 5.97 Å². The third-order valence-corrected chi connectivity index (χ3v) is 2.70. The van der Waals surface area contributed by atoms with Crippen molar-refractivity contribution in [3.05, 3.63) is 0 Å². The van der Waals surface area contributed by atoms with Crippen molar-refractivity contribution in [2.24, 2.45) is 5.92 Å². The van der Waals surface area contributed by atoms with Gasteiger partial charge in [0.1, 0.15) is 0 Å². The first kappa shape index (κ1) is 11.5. The van der Waals surface area contributed by atoms with Crippen molar-refractivity contribution in [2.45, 2.75) is 38.4 Å². The van der Waals surface area contributed by atoms with Crippen LogP contribution in [0.2, 0.25) is 0 Å². The smallest absolute Gasteiger partial charge is 0.338 e. The average molecular weight is 202 g/mol. The molecule has 0 saturated carbocycles. The monoisotopic (exact) mass is 202 g/mol. The van der Waals surface area contributed by atoms with Crippen LogP contribution < -0.4 is 0 Å². The summed E-state index contributed by atoms with van der Waals surface area (Å²) in [7, 11) is 1.29. The zero-order chi connectivity index (χ0) is 10.8. The van der Waals surface area contributed by atoms with Crippen LogP contribution in [-0.2, 0) is 14.3 Å². The highest BCUT2D eigenvalue weighted by atomic mass is 16.5. The molecule has 1 rings (SSSR count). The molecule has 0 aromatic heterocycles. The number of rotatable bonds is 2. The minimum Gasteiger partial charge on any atom is -0.467 e. The highest BCUT2D eigenvalue weighted by Gasteiger charge is 2.43. The van der Waals surface area contributed by atoms with Gasteiger partial charge in [0.25, 0.3) is 0 Å². The van der Waals surface area contributed by atoms with E-state index in [1.54, 1.807) is 0 Å². The van der Waals surface area contributed by atoms with Crippen LogP contribution in [0.5, 0.6) is 0 Å². The van der Waals surface area contributed by atoms with E-state index < -0.39 is 11.6 Å². The van der Waals surface area contributed by atoms with Crippen molar-refractivity contribution in [1.82, 2.24) is 0 Å². The summed E-state index contributed by atoms with van der Waals surface area (Å²) in [6.07, 6.45) is 0.591. The van der Waals surface area contributed by atoms with E-state index >= 15 is 0 Å². The van der Waals surface area contributed by atoms with Crippen molar-refractivity contribution in [1.29, 1.82) is 0 Å². The van der Waals surface area contributed by atoms with Crippen molar-refractivity contribution in [3.8, 4) is 0 Å². The lowest BCUT2D eigenvalue weighted by atomic mass is 9.86. The quantitative estimate of drug-likeness (QED) is 0.670. The number of carbonyl (C=O) groups excluding carboxylic acids is 1. The lowest BCUT2D eigenvalue weighted by Crippen LogP contribution is -2.49. The molecule has 4 heteroatoms. The van der Waals surface area contributed by atoms with Gasteiger partial charge >= 0.3 is 5.97 Å². The Morgan fingerprint density at radius 2 is 2.29 bits per heavy atom. The molecule has 0 bridgehead atoms. The predicted octanol–water partition coefficient (Wildman–Crippen LogP) is 0.725. The van der Waals surface area contributed by atoms with E-state index in [0.29, 0.717) is 25.4 Å². The minimum atomic E-state index is -1.35. The molecule has 1 N–H and O–H groups in total. The number of hydrogen-bond acceptors (Lipinski definition) is 4. The maximum atomic E-state index is 11.3. The van der Waals surface area contributed by atoms with Gasteiger partial charge in [-0.15, -0.1) is 0 Å². The summed E-state index contributed by atoms with van der Waals surface area (Å²) in [4.78, 5) is 11.3. The van der Waals surface area contributed by atoms with Crippen LogP contribution in [0.25, 0.3) is 0 Å². The van der Waals surface area contributed by atoms with E-state index in [9.17, 15) is 9.90 Å². The number of aliphatic hydroxyl groups is 1. The molecule has 2 atom stereocenters. The Morgan fingerprint density at radius 1 is 1.64 bits per heavy atom. The van der Waals surface area contributed by atoms with Crippen molar-refractivity contribution in [3.63, 3.8) is 0 Å². The minimum absolute atomic E-state index is 0.0622. The molecule has 0 aliphatic carbocycles. The first-order chi connectivity index (χ1) is 6.49. The Balaban J connectivity index is 2.67. The Morgan fingerprint density at radius 3 is 2.79 bits per heavy atom. The van der Waals surface area contributed by atoms with Gasteiger partial charge in [0.2, 0.25) is 0 Å². The van der Waals surface area contributed by atoms with Crippen LogP contribution in [0.3, 0.4) is 0 Å². The van der Waals surface area contributed by atoms with E-state index in [2.05, 4.69) is 4.74 Å². The summed E-state index contributed by atoms with van der Waals surface area (Å²) in [6, 6.07) is 0. The van der Waals surface area contributed by atoms with Crippen LogP contribution in [0.15, 0.2) is 0 Å². The average Bonchev–Trinajstić information content (AvgIpc) is 2.16. The predicted molar refractivity (Wildman–Crippen MR) is 50.8 cm³/mol. The van der Waals surface area contributed by atoms with Gasteiger partial charge in [-0.1, -0.05) is 13.8 Å². The third-order valence-electron chi connectivity index (χ3n) is 2.70. The van der Waals surface area contributed by atoms with Crippen molar-refractivity contribution < 1.29 is 19.4 Å². The van der Waals surface area contributed by atoms with Gasteiger partial charge in [-0.05, 0) is 5.92 Å². The summed E-state index contributed by atoms with van der Waals surface area (Å²) >= 11 is 0. The molecule has 1 aliphatic heterocycles. The molecule has 0 spiro atoms. The number of methoxy groups -OCH3 is 1. The van der Waals surface area contributed by atoms with Crippen LogP contribution in [-0.4, -0.2) is 36.5 Å². The molecule has 82 valence electrons. The molecule has 0 aromatic carbocycles. The summed E-state index contributed by atoms with van der Waals surface area (Å²) in [5, 5.41) is 10.0. The fourth-order valence-corrected chi connectivity index (χ4v) is 1.68. The Bertz CT molecular complexity index is 214. The normalized spacial score (nSPS) is 33.1. The van der Waals surface area contributed by atoms with Crippen molar-refractivity contribution in [2.75, 3.05) is 13.7 Å². The van der Waals surface area contributed by atoms with E-state index in [4.69, 9.17) is 4.74 Å². The number of carbonyl (C=O) groups is 1. The molecule has 1 saturated heterocycles. The van der Waals surface area contributed by atoms with Gasteiger partial charge in [0.05, 0.1) is 19.8 Å². The molecule has 1 aliphatic rings. The second-order valence-electron chi connectivity index (χ2n) is 4.13. The topological polar surface area (TPSA) is 55.8 Å². The molecule has 0 aromatic rings. The van der Waals surface area contributed by atoms with Crippen LogP contribution >= 0.6 is 0 Å². The lowest BCUT2D eigenvalue weighted by molar-refractivity contribution is -0.180. The second kappa shape index (κ2) is 4.28. The van der Waals surface area contributed by atoms with E-state index in [-0.39, 0.29) is 6.10 Å². The number of ether oxygens (including phenoxy) is 2. The zero-order valence-electron chi connectivity index (χ0n) is 8.95. The molecule has 1 fully saturated rings. The second-order valence-corrected chi connectivity index (χ2v) is 4.13. The number of hydrogen-bond donors (Lipinski definition) is 1. The summed E-state index contributed by atoms with van der Waals surface area (Å²) < 4.78 is 10.0. The summed E-state index contributed by atoms with van der Waals surface area (Å²) in [5.41, 5.74) is -1.35. The van der Waals surface area contributed by atoms with Crippen LogP contribution in [0, 0.1) is 5.92 Å². The molecule has 2 unspecified atom stereocenters. The highest BCUT2D eigenvalue weighted by molar-refractivity contribution is 5.79. The van der Waals surface area contributed by atoms with Gasteiger partial charge in [0, 0.05) is 12.8 Å². The van der Waals surface area contributed by atoms with Gasteiger partial charge in [-0.2, -0.15) is 0 Å². The summed E-state index contributed by atoms with van der Waals surface area (Å²) in [5.74, 6) is -0.252. The fourth-order valence-electron chi connectivity index (χ4n) is 1.68. The van der Waals surface area contributed by atoms with Gasteiger partial charge < -0.3 is 14.6 Å². The zero-order valence-corrected chi connectivity index (χ0v) is 8.95. The van der Waals surface area contributed by atoms with Crippen LogP contribution in [0.4, 0.5) is 0 Å². The largest absolute Gasteiger partial charge is 0.467 e. The fraction of sp³-hybridized carbons (Fsp3) is 0.900. The number of esters is 1. The molecule has 14 heavy (non-hydrogen) atoms. The molecule has 4 nitrogen and oxygen atoms in total. The standard InChI is InChI=1S/C10H18O4/c1-7(2)8-6-10(12,4-5-14-8)9(11)13-3/h7-8,12H,4-6H2,1-3H3. The van der Waals surface area contributed by atoms with E-state index in [0.717, 1.165) is 0 Å². The lowest BCUT2D eigenvalue weighted by Gasteiger charge is -2.36. The Kier molecular flexibility index (Phi) is 3.50. The van der Waals surface area contributed by atoms with Gasteiger partial charge in [-0.25, -0.2) is 4.79 Å². The summed E-state index contributed by atoms with van der Waals surface area (Å²) in [6.45, 7) is 4.43. The third kappa shape index (κ3) is 2.25. The maximum Gasteiger partial charge on any atom is 0.338 e. The molecule has 0 amide bonds. The van der Waals surface area contributed by atoms with E-state index in [1.807, 2.05) is 13.8 Å². The van der Waals surface area contributed by atoms with Gasteiger partial charge in [0.15, 0.2) is 5.60 Å². The molecular formula is C10H18O4. The highest BCUT2D eigenvalue weighted by Crippen LogP contribution is 2.29. The first-order valence-corrected chi connectivity index (χ1v) is 4.92. The Labute approximate surface area is 84.2 Å². The molecule has 1 heterocycles. The molecular weight excluding hydrogens is 184 g/mol. The molecule has 0 radical (unpaired) electrons. The first-order valence-electron chi connectivity index (χ1n) is 4.92. The van der Waals surface area contributed by atoms with E-state index in [1.165, 1.54) is 7.11 Å².